The highest BCUT2D eigenvalue weighted by Crippen LogP contribution is 2.21. The molecule has 0 radical (unpaired) electrons. The summed E-state index contributed by atoms with van der Waals surface area (Å²) in [5, 5.41) is 4.38. The van der Waals surface area contributed by atoms with Crippen LogP contribution in [0.2, 0.25) is 0 Å². The zero-order chi connectivity index (χ0) is 12.4. The normalized spacial score (nSPS) is 10.8. The topological polar surface area (TPSA) is 28.2 Å². The van der Waals surface area contributed by atoms with E-state index in [0.717, 1.165) is 17.8 Å². The Kier molecular flexibility index (Phi) is 3.29. The van der Waals surface area contributed by atoms with Crippen molar-refractivity contribution in [3.05, 3.63) is 35.5 Å². The summed E-state index contributed by atoms with van der Waals surface area (Å²) in [6.07, 6.45) is 0. The molecule has 0 aliphatic carbocycles. The van der Waals surface area contributed by atoms with Crippen LogP contribution in [0.3, 0.4) is 0 Å². The second-order valence-corrected chi connectivity index (χ2v) is 4.53. The van der Waals surface area contributed by atoms with Crippen molar-refractivity contribution in [3.63, 3.8) is 0 Å². The van der Waals surface area contributed by atoms with Crippen molar-refractivity contribution in [1.29, 1.82) is 0 Å². The molecule has 1 heterocycles. The maximum Gasteiger partial charge on any atom is 0.0706 e. The van der Waals surface area contributed by atoms with Gasteiger partial charge in [0.25, 0.3) is 0 Å². The van der Waals surface area contributed by atoms with E-state index in [4.69, 9.17) is 0 Å². The highest BCUT2D eigenvalue weighted by atomic mass is 15.1. The van der Waals surface area contributed by atoms with Crippen molar-refractivity contribution in [1.82, 2.24) is 10.3 Å². The standard InChI is InChI=1S/C14H19N3/c1-10-12(9-15-2)7-11-8-13(17(3)4)5-6-14(11)16-10/h5-8,15H,9H2,1-4H3. The summed E-state index contributed by atoms with van der Waals surface area (Å²) in [5.41, 5.74) is 4.63. The number of rotatable bonds is 3. The Morgan fingerprint density at radius 2 is 2.00 bits per heavy atom. The monoisotopic (exact) mass is 229 g/mol. The van der Waals surface area contributed by atoms with Gasteiger partial charge >= 0.3 is 0 Å². The van der Waals surface area contributed by atoms with Gasteiger partial charge in [-0.25, -0.2) is 0 Å². The molecule has 0 amide bonds. The van der Waals surface area contributed by atoms with Crippen LogP contribution in [0.15, 0.2) is 24.3 Å². The van der Waals surface area contributed by atoms with E-state index in [-0.39, 0.29) is 0 Å². The maximum absolute atomic E-state index is 4.64. The molecule has 3 nitrogen and oxygen atoms in total. The van der Waals surface area contributed by atoms with Crippen molar-refractivity contribution in [2.45, 2.75) is 13.5 Å². The van der Waals surface area contributed by atoms with Crippen LogP contribution < -0.4 is 10.2 Å². The SMILES string of the molecule is CNCc1cc2cc(N(C)C)ccc2nc1C. The maximum atomic E-state index is 4.64. The van der Waals surface area contributed by atoms with Gasteiger partial charge in [0.15, 0.2) is 0 Å². The van der Waals surface area contributed by atoms with Crippen LogP contribution in [0.5, 0.6) is 0 Å². The van der Waals surface area contributed by atoms with E-state index < -0.39 is 0 Å². The molecule has 2 rings (SSSR count). The zero-order valence-electron chi connectivity index (χ0n) is 10.9. The first-order valence-corrected chi connectivity index (χ1v) is 5.84. The molecule has 0 fully saturated rings. The molecule has 0 aliphatic heterocycles. The Morgan fingerprint density at radius 3 is 2.65 bits per heavy atom. The number of aromatic nitrogens is 1. The van der Waals surface area contributed by atoms with Gasteiger partial charge in [-0.1, -0.05) is 0 Å². The summed E-state index contributed by atoms with van der Waals surface area (Å²) in [6, 6.07) is 8.59. The van der Waals surface area contributed by atoms with Crippen molar-refractivity contribution < 1.29 is 0 Å². The fourth-order valence-electron chi connectivity index (χ4n) is 1.95. The highest BCUT2D eigenvalue weighted by Gasteiger charge is 2.04. The van der Waals surface area contributed by atoms with Crippen LogP contribution >= 0.6 is 0 Å². The second-order valence-electron chi connectivity index (χ2n) is 4.53. The highest BCUT2D eigenvalue weighted by molar-refractivity contribution is 5.83. The third kappa shape index (κ3) is 2.39. The van der Waals surface area contributed by atoms with E-state index in [9.17, 15) is 0 Å². The summed E-state index contributed by atoms with van der Waals surface area (Å²) in [5.74, 6) is 0. The van der Waals surface area contributed by atoms with Crippen LogP contribution in [-0.4, -0.2) is 26.1 Å². The van der Waals surface area contributed by atoms with Gasteiger partial charge < -0.3 is 10.2 Å². The van der Waals surface area contributed by atoms with Crippen molar-refractivity contribution in [2.24, 2.45) is 0 Å². The van der Waals surface area contributed by atoms with Crippen LogP contribution in [0.1, 0.15) is 11.3 Å². The van der Waals surface area contributed by atoms with Crippen LogP contribution in [0.25, 0.3) is 10.9 Å². The Balaban J connectivity index is 2.55. The van der Waals surface area contributed by atoms with Gasteiger partial charge in [0.2, 0.25) is 0 Å². The lowest BCUT2D eigenvalue weighted by Gasteiger charge is -2.14. The molecular weight excluding hydrogens is 210 g/mol. The lowest BCUT2D eigenvalue weighted by atomic mass is 10.1. The predicted octanol–water partition coefficient (Wildman–Crippen LogP) is 2.33. The lowest BCUT2D eigenvalue weighted by molar-refractivity contribution is 0.807. The third-order valence-corrected chi connectivity index (χ3v) is 2.98. The number of fused-ring (bicyclic) bond motifs is 1. The zero-order valence-corrected chi connectivity index (χ0v) is 10.9. The summed E-state index contributed by atoms with van der Waals surface area (Å²) in [4.78, 5) is 6.74. The molecule has 3 heteroatoms. The van der Waals surface area contributed by atoms with Gasteiger partial charge in [0.1, 0.15) is 0 Å². The van der Waals surface area contributed by atoms with Crippen molar-refractivity contribution in [3.8, 4) is 0 Å². The average Bonchev–Trinajstić information content (AvgIpc) is 2.29. The summed E-state index contributed by atoms with van der Waals surface area (Å²) >= 11 is 0. The minimum atomic E-state index is 0.862. The summed E-state index contributed by atoms with van der Waals surface area (Å²) < 4.78 is 0. The number of pyridine rings is 1. The first-order chi connectivity index (χ1) is 8.11. The van der Waals surface area contributed by atoms with Crippen LogP contribution in [0.4, 0.5) is 5.69 Å². The summed E-state index contributed by atoms with van der Waals surface area (Å²) in [7, 11) is 6.06. The van der Waals surface area contributed by atoms with Gasteiger partial charge in [-0.05, 0) is 43.8 Å². The molecule has 0 unspecified atom stereocenters. The average molecular weight is 229 g/mol. The number of nitrogens with one attached hydrogen (secondary N) is 1. The van der Waals surface area contributed by atoms with E-state index in [1.54, 1.807) is 0 Å². The molecule has 1 N–H and O–H groups in total. The molecule has 17 heavy (non-hydrogen) atoms. The first kappa shape index (κ1) is 11.9. The van der Waals surface area contributed by atoms with E-state index >= 15 is 0 Å². The molecule has 1 aromatic heterocycles. The summed E-state index contributed by atoms with van der Waals surface area (Å²) in [6.45, 7) is 2.92. The van der Waals surface area contributed by atoms with Crippen LogP contribution in [0, 0.1) is 6.92 Å². The molecule has 90 valence electrons. The molecule has 1 aromatic carbocycles. The van der Waals surface area contributed by atoms with Crippen LogP contribution in [-0.2, 0) is 6.54 Å². The van der Waals surface area contributed by atoms with Gasteiger partial charge in [-0.15, -0.1) is 0 Å². The first-order valence-electron chi connectivity index (χ1n) is 5.84. The molecule has 0 saturated heterocycles. The Hall–Kier alpha value is -1.61. The second kappa shape index (κ2) is 4.72. The molecule has 0 saturated carbocycles. The van der Waals surface area contributed by atoms with Crippen molar-refractivity contribution in [2.75, 3.05) is 26.0 Å². The molecule has 0 bridgehead atoms. The Bertz CT molecular complexity index is 532. The van der Waals surface area contributed by atoms with E-state index in [2.05, 4.69) is 60.5 Å². The Morgan fingerprint density at radius 1 is 1.24 bits per heavy atom. The fourth-order valence-corrected chi connectivity index (χ4v) is 1.95. The van der Waals surface area contributed by atoms with E-state index in [1.807, 2.05) is 7.05 Å². The van der Waals surface area contributed by atoms with E-state index in [0.29, 0.717) is 0 Å². The number of benzene rings is 1. The number of aryl methyl sites for hydroxylation is 1. The minimum Gasteiger partial charge on any atom is -0.378 e. The molecule has 0 atom stereocenters. The quantitative estimate of drug-likeness (QED) is 0.875. The van der Waals surface area contributed by atoms with Gasteiger partial charge in [-0.3, -0.25) is 4.98 Å². The molecule has 0 spiro atoms. The minimum absolute atomic E-state index is 0.862. The number of hydrogen-bond donors (Lipinski definition) is 1. The smallest absolute Gasteiger partial charge is 0.0706 e. The number of nitrogens with zero attached hydrogens (tertiary/aromatic N) is 2. The number of hydrogen-bond acceptors (Lipinski definition) is 3. The third-order valence-electron chi connectivity index (χ3n) is 2.98. The predicted molar refractivity (Wildman–Crippen MR) is 73.6 cm³/mol. The van der Waals surface area contributed by atoms with Gasteiger partial charge in [-0.2, -0.15) is 0 Å². The molecule has 2 aromatic rings. The van der Waals surface area contributed by atoms with E-state index in [1.165, 1.54) is 16.6 Å². The van der Waals surface area contributed by atoms with Crippen molar-refractivity contribution >= 4 is 16.6 Å². The Labute approximate surface area is 102 Å². The molecular formula is C14H19N3. The lowest BCUT2D eigenvalue weighted by Crippen LogP contribution is -2.09. The number of anilines is 1. The largest absolute Gasteiger partial charge is 0.378 e. The van der Waals surface area contributed by atoms with Gasteiger partial charge in [0.05, 0.1) is 5.52 Å². The molecule has 0 aliphatic rings. The van der Waals surface area contributed by atoms with Gasteiger partial charge in [0, 0.05) is 37.4 Å². The fraction of sp³-hybridized carbons (Fsp3) is 0.357.